The predicted molar refractivity (Wildman–Crippen MR) is 87.4 cm³/mol. The predicted octanol–water partition coefficient (Wildman–Crippen LogP) is 2.86. The van der Waals surface area contributed by atoms with E-state index in [4.69, 9.17) is 4.74 Å². The summed E-state index contributed by atoms with van der Waals surface area (Å²) in [6.45, 7) is 0.303. The summed E-state index contributed by atoms with van der Waals surface area (Å²) in [6, 6.07) is 11.7. The first-order chi connectivity index (χ1) is 10.7. The van der Waals surface area contributed by atoms with Gasteiger partial charge in [0.15, 0.2) is 0 Å². The molecule has 0 aliphatic carbocycles. The summed E-state index contributed by atoms with van der Waals surface area (Å²) in [5.41, 5.74) is 1.94. The van der Waals surface area contributed by atoms with E-state index in [2.05, 4.69) is 9.71 Å². The van der Waals surface area contributed by atoms with Gasteiger partial charge in [0.05, 0.1) is 12.6 Å². The van der Waals surface area contributed by atoms with Crippen LogP contribution in [-0.4, -0.2) is 20.9 Å². The van der Waals surface area contributed by atoms with E-state index in [1.807, 2.05) is 36.4 Å². The zero-order valence-corrected chi connectivity index (χ0v) is 13.4. The van der Waals surface area contributed by atoms with Gasteiger partial charge in [0, 0.05) is 50.8 Å². The van der Waals surface area contributed by atoms with Gasteiger partial charge in [-0.25, -0.2) is 4.72 Å². The van der Waals surface area contributed by atoms with Crippen LogP contribution in [0.3, 0.4) is 0 Å². The number of aromatic nitrogens is 1. The Hall–Kier alpha value is -1.80. The maximum absolute atomic E-state index is 10.6. The molecule has 3 rings (SSSR count). The van der Waals surface area contributed by atoms with Crippen molar-refractivity contribution in [1.82, 2.24) is 9.71 Å². The summed E-state index contributed by atoms with van der Waals surface area (Å²) in [7, 11) is 1.63. The molecule has 0 saturated heterocycles. The van der Waals surface area contributed by atoms with Gasteiger partial charge in [-0.3, -0.25) is 9.19 Å². The zero-order valence-electron chi connectivity index (χ0n) is 11.7. The zero-order chi connectivity index (χ0) is 15.5. The van der Waals surface area contributed by atoms with Crippen LogP contribution < -0.4 is 9.46 Å². The molecule has 1 unspecified atom stereocenters. The monoisotopic (exact) mass is 333 g/mol. The van der Waals surface area contributed by atoms with Gasteiger partial charge in [-0.15, -0.1) is 11.3 Å². The molecule has 2 aromatic heterocycles. The molecule has 0 radical (unpaired) electrons. The van der Waals surface area contributed by atoms with Gasteiger partial charge in [-0.05, 0) is 30.3 Å². The molecule has 0 spiro atoms. The molecule has 22 heavy (non-hydrogen) atoms. The molecule has 1 aromatic carbocycles. The topological polar surface area (TPSA) is 74.3 Å². The van der Waals surface area contributed by atoms with E-state index in [-0.39, 0.29) is 0 Å². The minimum Gasteiger partial charge on any atom is -0.760 e. The third-order valence-corrected chi connectivity index (χ3v) is 4.74. The molecule has 1 atom stereocenters. The molecule has 0 aliphatic rings. The smallest absolute Gasteiger partial charge is 0.121 e. The van der Waals surface area contributed by atoms with Gasteiger partial charge in [0.25, 0.3) is 0 Å². The van der Waals surface area contributed by atoms with Crippen LogP contribution in [0.2, 0.25) is 0 Å². The number of hydrogen-bond acceptors (Lipinski definition) is 5. The van der Waals surface area contributed by atoms with E-state index in [0.717, 1.165) is 32.0 Å². The molecular weight excluding hydrogens is 320 g/mol. The number of fused-ring (bicyclic) bond motifs is 1. The SMILES string of the molecule is COc1ccc2c(-c3ccc(CNS(=O)[O-])s3)ccnc2c1. The van der Waals surface area contributed by atoms with Gasteiger partial charge < -0.3 is 9.29 Å². The molecule has 5 nitrogen and oxygen atoms in total. The first kappa shape index (κ1) is 15.1. The third-order valence-electron chi connectivity index (χ3n) is 3.24. The van der Waals surface area contributed by atoms with Gasteiger partial charge in [-0.1, -0.05) is 0 Å². The summed E-state index contributed by atoms with van der Waals surface area (Å²) < 4.78 is 28.7. The molecule has 1 N–H and O–H groups in total. The van der Waals surface area contributed by atoms with Crippen molar-refractivity contribution in [1.29, 1.82) is 0 Å². The minimum atomic E-state index is -2.24. The number of nitrogens with one attached hydrogen (secondary N) is 1. The molecular formula is C15H13N2O3S2-. The quantitative estimate of drug-likeness (QED) is 0.729. The summed E-state index contributed by atoms with van der Waals surface area (Å²) in [4.78, 5) is 6.40. The summed E-state index contributed by atoms with van der Waals surface area (Å²) >= 11 is -0.687. The highest BCUT2D eigenvalue weighted by Crippen LogP contribution is 2.34. The van der Waals surface area contributed by atoms with Crippen molar-refractivity contribution in [3.05, 3.63) is 47.5 Å². The van der Waals surface area contributed by atoms with E-state index in [0.29, 0.717) is 6.54 Å². The molecule has 0 fully saturated rings. The lowest BCUT2D eigenvalue weighted by molar-refractivity contribution is 0.415. The van der Waals surface area contributed by atoms with Gasteiger partial charge >= 0.3 is 0 Å². The molecule has 114 valence electrons. The molecule has 0 aliphatic heterocycles. The Morgan fingerprint density at radius 1 is 1.32 bits per heavy atom. The summed E-state index contributed by atoms with van der Waals surface area (Å²) in [5, 5.41) is 1.04. The van der Waals surface area contributed by atoms with Gasteiger partial charge in [-0.2, -0.15) is 0 Å². The van der Waals surface area contributed by atoms with Crippen LogP contribution >= 0.6 is 11.3 Å². The molecule has 3 aromatic rings. The number of pyridine rings is 1. The average Bonchev–Trinajstić information content (AvgIpc) is 3.00. The summed E-state index contributed by atoms with van der Waals surface area (Å²) in [5.74, 6) is 0.770. The Balaban J connectivity index is 1.97. The number of thiophene rings is 1. The largest absolute Gasteiger partial charge is 0.760 e. The van der Waals surface area contributed by atoms with Crippen LogP contribution in [0, 0.1) is 0 Å². The third kappa shape index (κ3) is 3.17. The highest BCUT2D eigenvalue weighted by atomic mass is 32.2. The highest BCUT2D eigenvalue weighted by Gasteiger charge is 2.08. The Morgan fingerprint density at radius 3 is 2.95 bits per heavy atom. The van der Waals surface area contributed by atoms with Crippen molar-refractivity contribution < 1.29 is 13.5 Å². The van der Waals surface area contributed by atoms with E-state index in [9.17, 15) is 8.76 Å². The van der Waals surface area contributed by atoms with Crippen molar-refractivity contribution in [2.75, 3.05) is 7.11 Å². The lowest BCUT2D eigenvalue weighted by atomic mass is 10.1. The van der Waals surface area contributed by atoms with Crippen molar-refractivity contribution in [3.8, 4) is 16.2 Å². The van der Waals surface area contributed by atoms with Crippen LogP contribution in [0.25, 0.3) is 21.3 Å². The van der Waals surface area contributed by atoms with Crippen molar-refractivity contribution in [2.45, 2.75) is 6.54 Å². The minimum absolute atomic E-state index is 0.303. The molecule has 2 heterocycles. The summed E-state index contributed by atoms with van der Waals surface area (Å²) in [6.07, 6.45) is 1.77. The first-order valence-corrected chi connectivity index (χ1v) is 8.41. The van der Waals surface area contributed by atoms with Crippen molar-refractivity contribution >= 4 is 33.5 Å². The average molecular weight is 333 g/mol. The Bertz CT molecular complexity index is 833. The second-order valence-electron chi connectivity index (χ2n) is 4.56. The van der Waals surface area contributed by atoms with Gasteiger partial charge in [0.2, 0.25) is 0 Å². The number of methoxy groups -OCH3 is 1. The normalized spacial score (nSPS) is 12.5. The van der Waals surface area contributed by atoms with Crippen LogP contribution in [0.1, 0.15) is 4.88 Å². The van der Waals surface area contributed by atoms with Crippen LogP contribution in [0.15, 0.2) is 42.6 Å². The second-order valence-corrected chi connectivity index (χ2v) is 6.49. The lowest BCUT2D eigenvalue weighted by Crippen LogP contribution is -2.14. The standard InChI is InChI=1S/C15H14N2O3S2/c1-20-10-2-4-12-13(6-7-16-14(12)8-10)15-5-3-11(21-15)9-17-22(18)19/h2-8,17H,9H2,1H3,(H,18,19)/p-1. The molecule has 0 bridgehead atoms. The van der Waals surface area contributed by atoms with Crippen molar-refractivity contribution in [2.24, 2.45) is 0 Å². The fraction of sp³-hybridized carbons (Fsp3) is 0.133. The Kier molecular flexibility index (Phi) is 4.49. The van der Waals surface area contributed by atoms with E-state index >= 15 is 0 Å². The van der Waals surface area contributed by atoms with E-state index in [1.165, 1.54) is 0 Å². The van der Waals surface area contributed by atoms with E-state index in [1.54, 1.807) is 24.6 Å². The highest BCUT2D eigenvalue weighted by molar-refractivity contribution is 7.77. The Morgan fingerprint density at radius 2 is 2.18 bits per heavy atom. The van der Waals surface area contributed by atoms with E-state index < -0.39 is 11.3 Å². The Labute approximate surface area is 134 Å². The fourth-order valence-corrected chi connectivity index (χ4v) is 3.57. The number of rotatable bonds is 5. The number of benzene rings is 1. The maximum atomic E-state index is 10.6. The van der Waals surface area contributed by atoms with Gasteiger partial charge in [0.1, 0.15) is 5.75 Å². The maximum Gasteiger partial charge on any atom is 0.121 e. The second kappa shape index (κ2) is 6.53. The lowest BCUT2D eigenvalue weighted by Gasteiger charge is -2.06. The first-order valence-electron chi connectivity index (χ1n) is 6.52. The van der Waals surface area contributed by atoms with Crippen LogP contribution in [0.4, 0.5) is 0 Å². The fourth-order valence-electron chi connectivity index (χ4n) is 2.22. The number of ether oxygens (including phenoxy) is 1. The van der Waals surface area contributed by atoms with Crippen molar-refractivity contribution in [3.63, 3.8) is 0 Å². The molecule has 7 heteroatoms. The number of nitrogens with zero attached hydrogens (tertiary/aromatic N) is 1. The number of hydrogen-bond donors (Lipinski definition) is 1. The van der Waals surface area contributed by atoms with Crippen LogP contribution in [-0.2, 0) is 17.8 Å². The molecule has 0 saturated carbocycles. The van der Waals surface area contributed by atoms with Crippen LogP contribution in [0.5, 0.6) is 5.75 Å². The molecule has 0 amide bonds.